The van der Waals surface area contributed by atoms with Gasteiger partial charge in [0.2, 0.25) is 0 Å². The molecule has 27 heavy (non-hydrogen) atoms. The fourth-order valence-corrected chi connectivity index (χ4v) is 4.20. The van der Waals surface area contributed by atoms with Crippen LogP contribution in [0, 0.1) is 51.1 Å². The number of nitrogens with two attached hydrogens (primary N) is 1. The third kappa shape index (κ3) is 2.69. The van der Waals surface area contributed by atoms with Crippen LogP contribution in [0.5, 0.6) is 0 Å². The molecule has 1 heterocycles. The number of nitriles is 3. The van der Waals surface area contributed by atoms with E-state index in [-0.39, 0.29) is 28.8 Å². The molecule has 0 aromatic heterocycles. The van der Waals surface area contributed by atoms with Crippen LogP contribution in [0.3, 0.4) is 0 Å². The van der Waals surface area contributed by atoms with Gasteiger partial charge in [-0.1, -0.05) is 24.3 Å². The van der Waals surface area contributed by atoms with E-state index in [4.69, 9.17) is 5.73 Å². The van der Waals surface area contributed by atoms with Gasteiger partial charge < -0.3 is 5.73 Å². The third-order valence-electron chi connectivity index (χ3n) is 5.66. The molecular formula is C21H20FN5. The number of halogens is 1. The first kappa shape index (κ1) is 18.6. The first-order valence-electron chi connectivity index (χ1n) is 8.83. The molecule has 1 aliphatic carbocycles. The predicted molar refractivity (Wildman–Crippen MR) is 97.9 cm³/mol. The van der Waals surface area contributed by atoms with Crippen molar-refractivity contribution in [3.8, 4) is 18.2 Å². The summed E-state index contributed by atoms with van der Waals surface area (Å²) in [6, 6.07) is 12.5. The molecule has 6 heteroatoms. The van der Waals surface area contributed by atoms with Gasteiger partial charge in [-0.3, -0.25) is 4.90 Å². The summed E-state index contributed by atoms with van der Waals surface area (Å²) in [4.78, 5) is 2.18. The Hall–Kier alpha value is -3.14. The minimum Gasteiger partial charge on any atom is -0.399 e. The van der Waals surface area contributed by atoms with E-state index in [2.05, 4.69) is 24.8 Å². The molecule has 0 amide bonds. The van der Waals surface area contributed by atoms with Crippen LogP contribution in [0.25, 0.3) is 0 Å². The number of fused-ring (bicyclic) bond motifs is 1. The zero-order valence-corrected chi connectivity index (χ0v) is 15.3. The third-order valence-corrected chi connectivity index (χ3v) is 5.66. The van der Waals surface area contributed by atoms with E-state index in [1.165, 1.54) is 6.07 Å². The molecule has 0 saturated heterocycles. The maximum absolute atomic E-state index is 14.7. The maximum atomic E-state index is 14.7. The molecule has 0 saturated carbocycles. The average molecular weight is 361 g/mol. The van der Waals surface area contributed by atoms with Crippen LogP contribution < -0.4 is 5.73 Å². The molecule has 0 radical (unpaired) electrons. The largest absolute Gasteiger partial charge is 0.399 e. The molecule has 136 valence electrons. The molecule has 3 rings (SSSR count). The van der Waals surface area contributed by atoms with Crippen molar-refractivity contribution in [2.45, 2.75) is 25.8 Å². The summed E-state index contributed by atoms with van der Waals surface area (Å²) in [5.41, 5.74) is 5.50. The lowest BCUT2D eigenvalue weighted by Crippen LogP contribution is -2.49. The summed E-state index contributed by atoms with van der Waals surface area (Å²) in [5.74, 6) is -1.65. The van der Waals surface area contributed by atoms with Gasteiger partial charge in [-0.25, -0.2) is 4.39 Å². The maximum Gasteiger partial charge on any atom is 0.191 e. The summed E-state index contributed by atoms with van der Waals surface area (Å²) in [6.07, 6.45) is 1.92. The van der Waals surface area contributed by atoms with Gasteiger partial charge in [0, 0.05) is 31.0 Å². The van der Waals surface area contributed by atoms with Crippen molar-refractivity contribution in [1.29, 1.82) is 15.8 Å². The van der Waals surface area contributed by atoms with Gasteiger partial charge >= 0.3 is 0 Å². The zero-order valence-electron chi connectivity index (χ0n) is 15.3. The summed E-state index contributed by atoms with van der Waals surface area (Å²) in [6.45, 7) is 5.26. The number of hydrogen-bond donors (Lipinski definition) is 1. The molecule has 1 aromatic carbocycles. The molecule has 0 spiro atoms. The Morgan fingerprint density at radius 1 is 1.22 bits per heavy atom. The van der Waals surface area contributed by atoms with Gasteiger partial charge in [0.1, 0.15) is 11.9 Å². The van der Waals surface area contributed by atoms with Crippen LogP contribution in [0.1, 0.15) is 25.3 Å². The second-order valence-corrected chi connectivity index (χ2v) is 7.24. The second kappa shape index (κ2) is 6.88. The standard InChI is InChI=1S/C21H20FN5/c1-13(2)27-8-7-14-16(9-23)20(26)21(11-24,12-25)19(17(14)10-27)15-5-3-4-6-18(15)22/h3-7,13,17,19H,8,10,26H2,1-2H3/t17-,19+/m1/s1. The van der Waals surface area contributed by atoms with Gasteiger partial charge in [0.05, 0.1) is 23.4 Å². The Balaban J connectivity index is 2.33. The molecule has 0 unspecified atom stereocenters. The SMILES string of the molecule is CC(C)N1CC=C2C(C#N)=C(N)C(C#N)(C#N)[C@@H](c3ccccc3F)[C@@H]2C1. The van der Waals surface area contributed by atoms with E-state index in [9.17, 15) is 20.2 Å². The summed E-state index contributed by atoms with van der Waals surface area (Å²) in [5, 5.41) is 29.6. The first-order valence-corrected chi connectivity index (χ1v) is 8.83. The lowest BCUT2D eigenvalue weighted by atomic mass is 9.58. The van der Waals surface area contributed by atoms with Crippen molar-refractivity contribution in [2.24, 2.45) is 17.1 Å². The molecule has 1 aliphatic heterocycles. The van der Waals surface area contributed by atoms with Crippen molar-refractivity contribution in [1.82, 2.24) is 4.90 Å². The Morgan fingerprint density at radius 3 is 2.44 bits per heavy atom. The van der Waals surface area contributed by atoms with Gasteiger partial charge in [-0.15, -0.1) is 0 Å². The zero-order chi connectivity index (χ0) is 19.8. The quantitative estimate of drug-likeness (QED) is 0.873. The van der Waals surface area contributed by atoms with Gasteiger partial charge in [-0.05, 0) is 31.1 Å². The molecule has 2 aliphatic rings. The molecule has 5 nitrogen and oxygen atoms in total. The lowest BCUT2D eigenvalue weighted by molar-refractivity contribution is 0.172. The summed E-state index contributed by atoms with van der Waals surface area (Å²) < 4.78 is 14.7. The van der Waals surface area contributed by atoms with Crippen molar-refractivity contribution in [3.63, 3.8) is 0 Å². The van der Waals surface area contributed by atoms with E-state index >= 15 is 0 Å². The monoisotopic (exact) mass is 361 g/mol. The van der Waals surface area contributed by atoms with Crippen molar-refractivity contribution < 1.29 is 4.39 Å². The van der Waals surface area contributed by atoms with Crippen molar-refractivity contribution >= 4 is 0 Å². The fraction of sp³-hybridized carbons (Fsp3) is 0.381. The molecular weight excluding hydrogens is 341 g/mol. The molecule has 0 bridgehead atoms. The van der Waals surface area contributed by atoms with E-state index < -0.39 is 17.2 Å². The van der Waals surface area contributed by atoms with E-state index in [0.717, 1.165) is 0 Å². The van der Waals surface area contributed by atoms with Crippen LogP contribution >= 0.6 is 0 Å². The van der Waals surface area contributed by atoms with Gasteiger partial charge in [0.15, 0.2) is 5.41 Å². The van der Waals surface area contributed by atoms with Crippen LogP contribution in [-0.4, -0.2) is 24.0 Å². The smallest absolute Gasteiger partial charge is 0.191 e. The Labute approximate surface area is 158 Å². The van der Waals surface area contributed by atoms with Crippen LogP contribution in [0.2, 0.25) is 0 Å². The summed E-state index contributed by atoms with van der Waals surface area (Å²) in [7, 11) is 0. The average Bonchev–Trinajstić information content (AvgIpc) is 2.67. The second-order valence-electron chi connectivity index (χ2n) is 7.24. The van der Waals surface area contributed by atoms with Crippen LogP contribution in [0.15, 0.2) is 47.2 Å². The Bertz CT molecular complexity index is 940. The molecule has 2 N–H and O–H groups in total. The number of hydrogen-bond acceptors (Lipinski definition) is 5. The van der Waals surface area contributed by atoms with E-state index in [0.29, 0.717) is 18.7 Å². The number of allylic oxidation sites excluding steroid dienone is 2. The van der Waals surface area contributed by atoms with E-state index in [1.54, 1.807) is 18.2 Å². The number of rotatable bonds is 2. The first-order chi connectivity index (χ1) is 12.9. The van der Waals surface area contributed by atoms with Gasteiger partial charge in [0.25, 0.3) is 0 Å². The molecule has 0 fully saturated rings. The Kier molecular flexibility index (Phi) is 4.75. The summed E-state index contributed by atoms with van der Waals surface area (Å²) >= 11 is 0. The fourth-order valence-electron chi connectivity index (χ4n) is 4.20. The van der Waals surface area contributed by atoms with E-state index in [1.807, 2.05) is 18.2 Å². The Morgan fingerprint density at radius 2 is 1.89 bits per heavy atom. The van der Waals surface area contributed by atoms with Crippen molar-refractivity contribution in [3.05, 3.63) is 58.6 Å². The molecule has 2 atom stereocenters. The topological polar surface area (TPSA) is 101 Å². The highest BCUT2D eigenvalue weighted by Crippen LogP contribution is 2.54. The number of nitrogens with zero attached hydrogens (tertiary/aromatic N) is 4. The lowest BCUT2D eigenvalue weighted by Gasteiger charge is -2.46. The highest BCUT2D eigenvalue weighted by atomic mass is 19.1. The van der Waals surface area contributed by atoms with Gasteiger partial charge in [-0.2, -0.15) is 15.8 Å². The number of benzene rings is 1. The predicted octanol–water partition coefficient (Wildman–Crippen LogP) is 2.96. The van der Waals surface area contributed by atoms with Crippen molar-refractivity contribution in [2.75, 3.05) is 13.1 Å². The highest BCUT2D eigenvalue weighted by Gasteiger charge is 2.55. The van der Waals surface area contributed by atoms with Crippen LogP contribution in [0.4, 0.5) is 4.39 Å². The van der Waals surface area contributed by atoms with Crippen LogP contribution in [-0.2, 0) is 0 Å². The molecule has 1 aromatic rings. The minimum absolute atomic E-state index is 0.0799. The minimum atomic E-state index is -1.80. The highest BCUT2D eigenvalue weighted by molar-refractivity contribution is 5.59. The normalized spacial score (nSPS) is 24.4.